The van der Waals surface area contributed by atoms with Crippen molar-refractivity contribution in [1.82, 2.24) is 0 Å². The molecular formula is C10H13NO. The molecule has 1 aromatic rings. The van der Waals surface area contributed by atoms with Crippen LogP contribution >= 0.6 is 0 Å². The molecule has 0 bridgehead atoms. The number of rotatable bonds is 0. The van der Waals surface area contributed by atoms with Crippen LogP contribution in [0, 0.1) is 0 Å². The molecule has 1 atom stereocenters. The van der Waals surface area contributed by atoms with Crippen molar-refractivity contribution >= 4 is 5.69 Å². The van der Waals surface area contributed by atoms with Gasteiger partial charge in [0, 0.05) is 12.2 Å². The summed E-state index contributed by atoms with van der Waals surface area (Å²) in [5, 5.41) is 12.6. The van der Waals surface area contributed by atoms with Crippen molar-refractivity contribution in [3.8, 4) is 0 Å². The number of aliphatic hydroxyl groups excluding tert-OH is 1. The van der Waals surface area contributed by atoms with Gasteiger partial charge in [0.15, 0.2) is 0 Å². The number of benzene rings is 1. The third-order valence-electron chi connectivity index (χ3n) is 2.29. The SMILES string of the molecule is OC1CCc2ccccc2NC1. The number of para-hydroxylation sites is 1. The highest BCUT2D eigenvalue weighted by molar-refractivity contribution is 5.51. The summed E-state index contributed by atoms with van der Waals surface area (Å²) < 4.78 is 0. The quantitative estimate of drug-likeness (QED) is 0.606. The molecule has 0 aromatic heterocycles. The van der Waals surface area contributed by atoms with Gasteiger partial charge in [-0.2, -0.15) is 0 Å². The molecule has 2 rings (SSSR count). The molecular weight excluding hydrogens is 150 g/mol. The fraction of sp³-hybridized carbons (Fsp3) is 0.400. The van der Waals surface area contributed by atoms with E-state index in [-0.39, 0.29) is 6.10 Å². The van der Waals surface area contributed by atoms with Crippen molar-refractivity contribution in [3.05, 3.63) is 29.8 Å². The highest BCUT2D eigenvalue weighted by Gasteiger charge is 2.11. The van der Waals surface area contributed by atoms with Crippen molar-refractivity contribution in [2.75, 3.05) is 11.9 Å². The number of hydrogen-bond donors (Lipinski definition) is 2. The zero-order chi connectivity index (χ0) is 8.39. The van der Waals surface area contributed by atoms with Crippen LogP contribution in [0.3, 0.4) is 0 Å². The van der Waals surface area contributed by atoms with E-state index in [1.54, 1.807) is 0 Å². The monoisotopic (exact) mass is 163 g/mol. The van der Waals surface area contributed by atoms with Crippen LogP contribution in [0.5, 0.6) is 0 Å². The van der Waals surface area contributed by atoms with Gasteiger partial charge in [0.05, 0.1) is 6.10 Å². The highest BCUT2D eigenvalue weighted by atomic mass is 16.3. The van der Waals surface area contributed by atoms with Crippen LogP contribution < -0.4 is 5.32 Å². The molecule has 0 fully saturated rings. The number of fused-ring (bicyclic) bond motifs is 1. The van der Waals surface area contributed by atoms with E-state index in [1.807, 2.05) is 12.1 Å². The number of aliphatic hydroxyl groups is 1. The molecule has 0 amide bonds. The Morgan fingerprint density at radius 1 is 1.33 bits per heavy atom. The van der Waals surface area contributed by atoms with Crippen LogP contribution in [-0.2, 0) is 6.42 Å². The second kappa shape index (κ2) is 3.15. The Morgan fingerprint density at radius 3 is 3.08 bits per heavy atom. The predicted octanol–water partition coefficient (Wildman–Crippen LogP) is 1.41. The summed E-state index contributed by atoms with van der Waals surface area (Å²) in [5.41, 5.74) is 2.49. The van der Waals surface area contributed by atoms with E-state index in [4.69, 9.17) is 0 Å². The zero-order valence-electron chi connectivity index (χ0n) is 6.96. The lowest BCUT2D eigenvalue weighted by molar-refractivity contribution is 0.179. The molecule has 0 saturated heterocycles. The molecule has 0 aliphatic carbocycles. The summed E-state index contributed by atoms with van der Waals surface area (Å²) >= 11 is 0. The molecule has 0 radical (unpaired) electrons. The first-order chi connectivity index (χ1) is 5.86. The van der Waals surface area contributed by atoms with Gasteiger partial charge in [-0.15, -0.1) is 0 Å². The summed E-state index contributed by atoms with van der Waals surface area (Å²) in [5.74, 6) is 0. The van der Waals surface area contributed by atoms with Crippen molar-refractivity contribution < 1.29 is 5.11 Å². The number of β-amino-alcohol motifs (C(OH)–C–C–N with tert-alkyl or cyclic N) is 1. The van der Waals surface area contributed by atoms with E-state index in [9.17, 15) is 5.11 Å². The molecule has 1 unspecified atom stereocenters. The molecule has 1 aliphatic rings. The molecule has 1 aliphatic heterocycles. The minimum absolute atomic E-state index is 0.197. The topological polar surface area (TPSA) is 32.3 Å². The lowest BCUT2D eigenvalue weighted by atomic mass is 10.1. The number of hydrogen-bond acceptors (Lipinski definition) is 2. The number of anilines is 1. The smallest absolute Gasteiger partial charge is 0.0715 e. The summed E-state index contributed by atoms with van der Waals surface area (Å²) in [6, 6.07) is 8.23. The molecule has 0 spiro atoms. The first kappa shape index (κ1) is 7.62. The molecule has 2 heteroatoms. The fourth-order valence-corrected chi connectivity index (χ4v) is 1.56. The average molecular weight is 163 g/mol. The van der Waals surface area contributed by atoms with Gasteiger partial charge in [-0.25, -0.2) is 0 Å². The molecule has 1 aromatic carbocycles. The van der Waals surface area contributed by atoms with Gasteiger partial charge in [0.25, 0.3) is 0 Å². The molecule has 12 heavy (non-hydrogen) atoms. The van der Waals surface area contributed by atoms with E-state index >= 15 is 0 Å². The number of aryl methyl sites for hydroxylation is 1. The van der Waals surface area contributed by atoms with Gasteiger partial charge in [0.2, 0.25) is 0 Å². The second-order valence-electron chi connectivity index (χ2n) is 3.23. The lowest BCUT2D eigenvalue weighted by Gasteiger charge is -2.06. The van der Waals surface area contributed by atoms with E-state index in [2.05, 4.69) is 17.4 Å². The van der Waals surface area contributed by atoms with E-state index in [1.165, 1.54) is 11.3 Å². The van der Waals surface area contributed by atoms with Crippen molar-refractivity contribution in [2.24, 2.45) is 0 Å². The van der Waals surface area contributed by atoms with Crippen LogP contribution in [-0.4, -0.2) is 17.8 Å². The molecule has 64 valence electrons. The van der Waals surface area contributed by atoms with Gasteiger partial charge in [0.1, 0.15) is 0 Å². The van der Waals surface area contributed by atoms with E-state index in [0.717, 1.165) is 12.8 Å². The fourth-order valence-electron chi connectivity index (χ4n) is 1.56. The Hall–Kier alpha value is -1.02. The third-order valence-corrected chi connectivity index (χ3v) is 2.29. The second-order valence-corrected chi connectivity index (χ2v) is 3.23. The minimum Gasteiger partial charge on any atom is -0.391 e. The Balaban J connectivity index is 2.26. The van der Waals surface area contributed by atoms with Gasteiger partial charge in [-0.3, -0.25) is 0 Å². The third kappa shape index (κ3) is 1.43. The first-order valence-corrected chi connectivity index (χ1v) is 4.36. The zero-order valence-corrected chi connectivity index (χ0v) is 6.96. The normalized spacial score (nSPS) is 22.2. The van der Waals surface area contributed by atoms with Crippen molar-refractivity contribution in [2.45, 2.75) is 18.9 Å². The first-order valence-electron chi connectivity index (χ1n) is 4.36. The maximum Gasteiger partial charge on any atom is 0.0715 e. The Labute approximate surface area is 72.2 Å². The molecule has 2 nitrogen and oxygen atoms in total. The highest BCUT2D eigenvalue weighted by Crippen LogP contribution is 2.20. The van der Waals surface area contributed by atoms with Crippen molar-refractivity contribution in [3.63, 3.8) is 0 Å². The Kier molecular flexibility index (Phi) is 2.00. The van der Waals surface area contributed by atoms with Crippen LogP contribution in [0.15, 0.2) is 24.3 Å². The number of nitrogens with one attached hydrogen (secondary N) is 1. The molecule has 1 heterocycles. The lowest BCUT2D eigenvalue weighted by Crippen LogP contribution is -2.16. The van der Waals surface area contributed by atoms with Gasteiger partial charge in [-0.05, 0) is 24.5 Å². The molecule has 2 N–H and O–H groups in total. The predicted molar refractivity (Wildman–Crippen MR) is 49.3 cm³/mol. The summed E-state index contributed by atoms with van der Waals surface area (Å²) in [6.45, 7) is 0.678. The maximum absolute atomic E-state index is 9.40. The van der Waals surface area contributed by atoms with Crippen LogP contribution in [0.1, 0.15) is 12.0 Å². The Bertz CT molecular complexity index is 245. The summed E-state index contributed by atoms with van der Waals surface area (Å²) in [4.78, 5) is 0. The minimum atomic E-state index is -0.197. The van der Waals surface area contributed by atoms with Crippen LogP contribution in [0.25, 0.3) is 0 Å². The van der Waals surface area contributed by atoms with Crippen LogP contribution in [0.4, 0.5) is 5.69 Å². The largest absolute Gasteiger partial charge is 0.391 e. The van der Waals surface area contributed by atoms with Gasteiger partial charge in [-0.1, -0.05) is 18.2 Å². The maximum atomic E-state index is 9.40. The standard InChI is InChI=1S/C10H13NO/c12-9-6-5-8-3-1-2-4-10(8)11-7-9/h1-4,9,11-12H,5-7H2. The van der Waals surface area contributed by atoms with Crippen LogP contribution in [0.2, 0.25) is 0 Å². The van der Waals surface area contributed by atoms with Gasteiger partial charge >= 0.3 is 0 Å². The summed E-state index contributed by atoms with van der Waals surface area (Å²) in [6.07, 6.45) is 1.64. The van der Waals surface area contributed by atoms with Crippen molar-refractivity contribution in [1.29, 1.82) is 0 Å². The van der Waals surface area contributed by atoms with Gasteiger partial charge < -0.3 is 10.4 Å². The Morgan fingerprint density at radius 2 is 2.17 bits per heavy atom. The average Bonchev–Trinajstić information content (AvgIpc) is 2.29. The van der Waals surface area contributed by atoms with E-state index < -0.39 is 0 Å². The van der Waals surface area contributed by atoms with E-state index in [0.29, 0.717) is 6.54 Å². The summed E-state index contributed by atoms with van der Waals surface area (Å²) in [7, 11) is 0. The molecule has 0 saturated carbocycles.